The summed E-state index contributed by atoms with van der Waals surface area (Å²) in [4.78, 5) is 4.16. The summed E-state index contributed by atoms with van der Waals surface area (Å²) in [6.07, 6.45) is 4.64. The van der Waals surface area contributed by atoms with Crippen LogP contribution in [-0.2, 0) is 6.61 Å². The van der Waals surface area contributed by atoms with Crippen molar-refractivity contribution in [2.75, 3.05) is 11.9 Å². The minimum absolute atomic E-state index is 0.569. The molecule has 0 unspecified atom stereocenters. The first-order valence-electron chi connectivity index (χ1n) is 6.24. The van der Waals surface area contributed by atoms with Crippen LogP contribution in [0.2, 0.25) is 0 Å². The predicted molar refractivity (Wildman–Crippen MR) is 73.8 cm³/mol. The third-order valence-electron chi connectivity index (χ3n) is 2.54. The minimum atomic E-state index is 0.569. The van der Waals surface area contributed by atoms with Crippen LogP contribution in [0, 0.1) is 0 Å². The first kappa shape index (κ1) is 12.4. The molecule has 2 aromatic rings. The van der Waals surface area contributed by atoms with Gasteiger partial charge in [0.05, 0.1) is 18.1 Å². The van der Waals surface area contributed by atoms with Crippen LogP contribution >= 0.6 is 0 Å². The van der Waals surface area contributed by atoms with Crippen LogP contribution in [0.1, 0.15) is 18.9 Å². The van der Waals surface area contributed by atoms with E-state index in [0.29, 0.717) is 6.61 Å². The lowest BCUT2D eigenvalue weighted by atomic mass is 10.2. The van der Waals surface area contributed by atoms with Crippen LogP contribution in [0.25, 0.3) is 0 Å². The lowest BCUT2D eigenvalue weighted by Gasteiger charge is -2.08. The molecule has 94 valence electrons. The van der Waals surface area contributed by atoms with Crippen LogP contribution in [0.5, 0.6) is 5.75 Å². The van der Waals surface area contributed by atoms with Crippen molar-refractivity contribution in [1.82, 2.24) is 4.98 Å². The van der Waals surface area contributed by atoms with E-state index in [0.717, 1.165) is 30.0 Å². The Kier molecular flexibility index (Phi) is 4.59. The second-order valence-corrected chi connectivity index (χ2v) is 4.11. The molecule has 0 fully saturated rings. The van der Waals surface area contributed by atoms with Crippen LogP contribution in [0.15, 0.2) is 48.8 Å². The van der Waals surface area contributed by atoms with E-state index in [1.165, 1.54) is 0 Å². The van der Waals surface area contributed by atoms with Crippen molar-refractivity contribution >= 4 is 5.69 Å². The number of hydrogen-bond acceptors (Lipinski definition) is 3. The molecule has 0 atom stereocenters. The Morgan fingerprint density at radius 3 is 2.78 bits per heavy atom. The Bertz CT molecular complexity index is 471. The second-order valence-electron chi connectivity index (χ2n) is 4.11. The van der Waals surface area contributed by atoms with Crippen LogP contribution < -0.4 is 10.1 Å². The summed E-state index contributed by atoms with van der Waals surface area (Å²) in [6.45, 7) is 3.65. The highest BCUT2D eigenvalue weighted by Crippen LogP contribution is 2.16. The molecule has 0 aliphatic carbocycles. The number of nitrogens with zero attached hydrogens (tertiary/aromatic N) is 1. The van der Waals surface area contributed by atoms with Crippen LogP contribution in [0.3, 0.4) is 0 Å². The zero-order chi connectivity index (χ0) is 12.6. The average molecular weight is 242 g/mol. The molecule has 0 amide bonds. The largest absolute Gasteiger partial charge is 0.487 e. The van der Waals surface area contributed by atoms with Crippen molar-refractivity contribution in [3.05, 3.63) is 54.4 Å². The van der Waals surface area contributed by atoms with Crippen molar-refractivity contribution in [1.29, 1.82) is 0 Å². The van der Waals surface area contributed by atoms with Crippen molar-refractivity contribution in [2.24, 2.45) is 0 Å². The molecule has 1 aromatic carbocycles. The highest BCUT2D eigenvalue weighted by molar-refractivity contribution is 5.45. The molecule has 0 radical (unpaired) electrons. The lowest BCUT2D eigenvalue weighted by molar-refractivity contribution is 0.305. The van der Waals surface area contributed by atoms with E-state index in [2.05, 4.69) is 17.2 Å². The lowest BCUT2D eigenvalue weighted by Crippen LogP contribution is -2.01. The van der Waals surface area contributed by atoms with Gasteiger partial charge in [0.2, 0.25) is 0 Å². The summed E-state index contributed by atoms with van der Waals surface area (Å²) in [5.41, 5.74) is 2.16. The topological polar surface area (TPSA) is 34.2 Å². The first-order chi connectivity index (χ1) is 8.88. The number of rotatable bonds is 6. The number of hydrogen-bond donors (Lipinski definition) is 1. The smallest absolute Gasteiger partial charge is 0.140 e. The summed E-state index contributed by atoms with van der Waals surface area (Å²) < 4.78 is 5.71. The molecule has 0 saturated carbocycles. The van der Waals surface area contributed by atoms with Gasteiger partial charge in [0.25, 0.3) is 0 Å². The van der Waals surface area contributed by atoms with Gasteiger partial charge >= 0.3 is 0 Å². The van der Waals surface area contributed by atoms with Gasteiger partial charge in [-0.15, -0.1) is 0 Å². The number of benzene rings is 1. The maximum absolute atomic E-state index is 5.71. The minimum Gasteiger partial charge on any atom is -0.487 e. The summed E-state index contributed by atoms with van der Waals surface area (Å²) in [5.74, 6) is 0.792. The zero-order valence-corrected chi connectivity index (χ0v) is 10.6. The Balaban J connectivity index is 1.93. The normalized spacial score (nSPS) is 10.1. The SMILES string of the molecule is CCCNc1cncc(OCc2ccccc2)c1. The van der Waals surface area contributed by atoms with E-state index in [-0.39, 0.29) is 0 Å². The van der Waals surface area contributed by atoms with Crippen LogP contribution in [-0.4, -0.2) is 11.5 Å². The Labute approximate surface area is 108 Å². The third-order valence-corrected chi connectivity index (χ3v) is 2.54. The molecule has 1 N–H and O–H groups in total. The summed E-state index contributed by atoms with van der Waals surface area (Å²) in [7, 11) is 0. The molecule has 0 aliphatic rings. The monoisotopic (exact) mass is 242 g/mol. The van der Waals surface area contributed by atoms with Crippen molar-refractivity contribution in [3.63, 3.8) is 0 Å². The van der Waals surface area contributed by atoms with E-state index in [4.69, 9.17) is 4.74 Å². The van der Waals surface area contributed by atoms with Gasteiger partial charge in [-0.1, -0.05) is 37.3 Å². The highest BCUT2D eigenvalue weighted by atomic mass is 16.5. The van der Waals surface area contributed by atoms with E-state index < -0.39 is 0 Å². The number of aromatic nitrogens is 1. The molecule has 18 heavy (non-hydrogen) atoms. The van der Waals surface area contributed by atoms with Gasteiger partial charge in [0.1, 0.15) is 12.4 Å². The second kappa shape index (κ2) is 6.64. The van der Waals surface area contributed by atoms with Gasteiger partial charge in [-0.3, -0.25) is 4.98 Å². The molecule has 0 spiro atoms. The number of ether oxygens (including phenoxy) is 1. The maximum Gasteiger partial charge on any atom is 0.140 e. The van der Waals surface area contributed by atoms with Crippen molar-refractivity contribution in [3.8, 4) is 5.75 Å². The fourth-order valence-electron chi connectivity index (χ4n) is 1.60. The quantitative estimate of drug-likeness (QED) is 0.842. The van der Waals surface area contributed by atoms with Gasteiger partial charge in [0.15, 0.2) is 0 Å². The summed E-state index contributed by atoms with van der Waals surface area (Å²) >= 11 is 0. The number of pyridine rings is 1. The molecular formula is C15H18N2O. The predicted octanol–water partition coefficient (Wildman–Crippen LogP) is 3.48. The first-order valence-corrected chi connectivity index (χ1v) is 6.24. The summed E-state index contributed by atoms with van der Waals surface area (Å²) in [6, 6.07) is 12.1. The molecule has 1 aromatic heterocycles. The van der Waals surface area contributed by atoms with Gasteiger partial charge < -0.3 is 10.1 Å². The van der Waals surface area contributed by atoms with Gasteiger partial charge in [-0.25, -0.2) is 0 Å². The van der Waals surface area contributed by atoms with Crippen molar-refractivity contribution < 1.29 is 4.74 Å². The van der Waals surface area contributed by atoms with Crippen LogP contribution in [0.4, 0.5) is 5.69 Å². The number of anilines is 1. The van der Waals surface area contributed by atoms with E-state index in [1.54, 1.807) is 6.20 Å². The molecule has 0 saturated heterocycles. The molecule has 2 rings (SSSR count). The van der Waals surface area contributed by atoms with E-state index in [1.807, 2.05) is 42.6 Å². The molecule has 0 bridgehead atoms. The van der Waals surface area contributed by atoms with E-state index >= 15 is 0 Å². The third kappa shape index (κ3) is 3.77. The Morgan fingerprint density at radius 2 is 2.00 bits per heavy atom. The van der Waals surface area contributed by atoms with Gasteiger partial charge in [-0.05, 0) is 12.0 Å². The molecule has 3 nitrogen and oxygen atoms in total. The fourth-order valence-corrected chi connectivity index (χ4v) is 1.60. The molecule has 3 heteroatoms. The molecule has 1 heterocycles. The number of nitrogens with one attached hydrogen (secondary N) is 1. The maximum atomic E-state index is 5.71. The van der Waals surface area contributed by atoms with Gasteiger partial charge in [-0.2, -0.15) is 0 Å². The standard InChI is InChI=1S/C15H18N2O/c1-2-8-17-14-9-15(11-16-10-14)18-12-13-6-4-3-5-7-13/h3-7,9-11,17H,2,8,12H2,1H3. The van der Waals surface area contributed by atoms with E-state index in [9.17, 15) is 0 Å². The summed E-state index contributed by atoms with van der Waals surface area (Å²) in [5, 5.41) is 3.29. The fraction of sp³-hybridized carbons (Fsp3) is 0.267. The highest BCUT2D eigenvalue weighted by Gasteiger charge is 1.98. The molecular weight excluding hydrogens is 224 g/mol. The molecule has 0 aliphatic heterocycles. The Hall–Kier alpha value is -2.03. The van der Waals surface area contributed by atoms with Crippen molar-refractivity contribution in [2.45, 2.75) is 20.0 Å². The Morgan fingerprint density at radius 1 is 1.17 bits per heavy atom. The zero-order valence-electron chi connectivity index (χ0n) is 10.6. The van der Waals surface area contributed by atoms with Gasteiger partial charge in [0, 0.05) is 12.6 Å². The average Bonchev–Trinajstić information content (AvgIpc) is 2.44.